The molecule has 0 aliphatic heterocycles. The average molecular weight is 236 g/mol. The predicted molar refractivity (Wildman–Crippen MR) is 69.0 cm³/mol. The molecule has 4 nitrogen and oxygen atoms in total. The van der Waals surface area contributed by atoms with Gasteiger partial charge in [0.15, 0.2) is 0 Å². The molecule has 0 aliphatic rings. The van der Waals surface area contributed by atoms with Crippen LogP contribution in [0, 0.1) is 6.92 Å². The van der Waals surface area contributed by atoms with E-state index in [4.69, 9.17) is 5.73 Å². The van der Waals surface area contributed by atoms with E-state index in [0.29, 0.717) is 18.5 Å². The minimum atomic E-state index is -0.355. The quantitative estimate of drug-likeness (QED) is 0.701. The van der Waals surface area contributed by atoms with Crippen molar-refractivity contribution in [2.45, 2.75) is 39.2 Å². The molecule has 1 amide bonds. The Morgan fingerprint density at radius 3 is 2.71 bits per heavy atom. The van der Waals surface area contributed by atoms with E-state index in [2.05, 4.69) is 5.32 Å². The second-order valence-corrected chi connectivity index (χ2v) is 5.06. The van der Waals surface area contributed by atoms with Crippen molar-refractivity contribution in [3.8, 4) is 5.75 Å². The lowest BCUT2D eigenvalue weighted by atomic mass is 10.00. The normalized spacial score (nSPS) is 11.3. The Hall–Kier alpha value is -1.55. The van der Waals surface area contributed by atoms with Crippen LogP contribution in [-0.4, -0.2) is 16.6 Å². The Bertz CT molecular complexity index is 408. The van der Waals surface area contributed by atoms with Gasteiger partial charge in [0.25, 0.3) is 0 Å². The van der Waals surface area contributed by atoms with E-state index in [1.54, 1.807) is 18.2 Å². The van der Waals surface area contributed by atoms with Crippen molar-refractivity contribution in [3.05, 3.63) is 23.8 Å². The van der Waals surface area contributed by atoms with Gasteiger partial charge >= 0.3 is 0 Å². The van der Waals surface area contributed by atoms with E-state index in [-0.39, 0.29) is 17.2 Å². The standard InChI is InChI=1S/C13H20N2O2/c1-9-4-5-11(16)10(8-9)15-12(17)6-7-13(2,3)14/h4-5,8,16H,6-7,14H2,1-3H3,(H,15,17). The van der Waals surface area contributed by atoms with Gasteiger partial charge in [0, 0.05) is 12.0 Å². The molecule has 4 heteroatoms. The topological polar surface area (TPSA) is 75.3 Å². The summed E-state index contributed by atoms with van der Waals surface area (Å²) in [7, 11) is 0. The third-order valence-corrected chi connectivity index (χ3v) is 2.42. The second-order valence-electron chi connectivity index (χ2n) is 5.06. The highest BCUT2D eigenvalue weighted by Gasteiger charge is 2.14. The summed E-state index contributed by atoms with van der Waals surface area (Å²) in [6.07, 6.45) is 0.947. The van der Waals surface area contributed by atoms with Gasteiger partial charge in [-0.05, 0) is 44.9 Å². The molecule has 1 rings (SSSR count). The summed E-state index contributed by atoms with van der Waals surface area (Å²) >= 11 is 0. The molecule has 0 saturated heterocycles. The first-order valence-corrected chi connectivity index (χ1v) is 5.66. The van der Waals surface area contributed by atoms with Crippen LogP contribution < -0.4 is 11.1 Å². The highest BCUT2D eigenvalue weighted by molar-refractivity contribution is 5.92. The molecule has 0 aromatic heterocycles. The summed E-state index contributed by atoms with van der Waals surface area (Å²) in [6, 6.07) is 5.09. The smallest absolute Gasteiger partial charge is 0.224 e. The molecule has 17 heavy (non-hydrogen) atoms. The van der Waals surface area contributed by atoms with Crippen LogP contribution in [0.3, 0.4) is 0 Å². The van der Waals surface area contributed by atoms with Gasteiger partial charge in [-0.1, -0.05) is 6.07 Å². The van der Waals surface area contributed by atoms with Crippen molar-refractivity contribution in [2.24, 2.45) is 5.73 Å². The van der Waals surface area contributed by atoms with E-state index in [0.717, 1.165) is 5.56 Å². The second kappa shape index (κ2) is 5.19. The lowest BCUT2D eigenvalue weighted by molar-refractivity contribution is -0.116. The van der Waals surface area contributed by atoms with E-state index in [1.165, 1.54) is 0 Å². The Morgan fingerprint density at radius 1 is 1.47 bits per heavy atom. The molecule has 0 fully saturated rings. The molecule has 0 saturated carbocycles. The molecule has 0 radical (unpaired) electrons. The Morgan fingerprint density at radius 2 is 2.12 bits per heavy atom. The Kier molecular flexibility index (Phi) is 4.12. The maximum Gasteiger partial charge on any atom is 0.224 e. The first-order valence-electron chi connectivity index (χ1n) is 5.66. The highest BCUT2D eigenvalue weighted by Crippen LogP contribution is 2.24. The zero-order chi connectivity index (χ0) is 13.1. The number of phenols is 1. The number of phenolic OH excluding ortho intramolecular Hbond substituents is 1. The largest absolute Gasteiger partial charge is 0.506 e. The van der Waals surface area contributed by atoms with E-state index < -0.39 is 0 Å². The summed E-state index contributed by atoms with van der Waals surface area (Å²) in [4.78, 5) is 11.6. The van der Waals surface area contributed by atoms with Gasteiger partial charge < -0.3 is 16.2 Å². The molecule has 0 bridgehead atoms. The number of aromatic hydroxyl groups is 1. The number of nitrogens with one attached hydrogen (secondary N) is 1. The van der Waals surface area contributed by atoms with Gasteiger partial charge in [0.2, 0.25) is 5.91 Å². The maximum atomic E-state index is 11.6. The SMILES string of the molecule is Cc1ccc(O)c(NC(=O)CCC(C)(C)N)c1. The molecule has 0 spiro atoms. The number of hydrogen-bond donors (Lipinski definition) is 3. The molecular weight excluding hydrogens is 216 g/mol. The zero-order valence-electron chi connectivity index (χ0n) is 10.6. The molecule has 0 unspecified atom stereocenters. The molecule has 0 aliphatic carbocycles. The lowest BCUT2D eigenvalue weighted by Crippen LogP contribution is -2.33. The number of carbonyl (C=O) groups is 1. The Balaban J connectivity index is 2.59. The van der Waals surface area contributed by atoms with Gasteiger partial charge in [0.05, 0.1) is 5.69 Å². The fourth-order valence-electron chi connectivity index (χ4n) is 1.40. The van der Waals surface area contributed by atoms with Crippen LogP contribution in [0.4, 0.5) is 5.69 Å². The van der Waals surface area contributed by atoms with Crippen LogP contribution in [0.1, 0.15) is 32.3 Å². The maximum absolute atomic E-state index is 11.6. The molecule has 4 N–H and O–H groups in total. The summed E-state index contributed by atoms with van der Waals surface area (Å²) in [5.74, 6) is -0.0552. The van der Waals surface area contributed by atoms with Crippen molar-refractivity contribution in [1.29, 1.82) is 0 Å². The fourth-order valence-corrected chi connectivity index (χ4v) is 1.40. The fraction of sp³-hybridized carbons (Fsp3) is 0.462. The summed E-state index contributed by atoms with van der Waals surface area (Å²) in [5.41, 5.74) is 6.88. The van der Waals surface area contributed by atoms with Crippen LogP contribution in [0.5, 0.6) is 5.75 Å². The van der Waals surface area contributed by atoms with E-state index in [9.17, 15) is 9.90 Å². The van der Waals surface area contributed by atoms with Crippen LogP contribution in [0.15, 0.2) is 18.2 Å². The van der Waals surface area contributed by atoms with Crippen molar-refractivity contribution < 1.29 is 9.90 Å². The van der Waals surface area contributed by atoms with Crippen LogP contribution in [0.2, 0.25) is 0 Å². The van der Waals surface area contributed by atoms with E-state index in [1.807, 2.05) is 20.8 Å². The highest BCUT2D eigenvalue weighted by atomic mass is 16.3. The molecule has 94 valence electrons. The minimum Gasteiger partial charge on any atom is -0.506 e. The van der Waals surface area contributed by atoms with Gasteiger partial charge in [0.1, 0.15) is 5.75 Å². The molecule has 0 heterocycles. The third-order valence-electron chi connectivity index (χ3n) is 2.42. The van der Waals surface area contributed by atoms with Gasteiger partial charge in [-0.15, -0.1) is 0 Å². The Labute approximate surface area is 102 Å². The first kappa shape index (κ1) is 13.5. The third kappa shape index (κ3) is 4.87. The molecular formula is C13H20N2O2. The van der Waals surface area contributed by atoms with Gasteiger partial charge in [-0.25, -0.2) is 0 Å². The van der Waals surface area contributed by atoms with Gasteiger partial charge in [-0.2, -0.15) is 0 Å². The van der Waals surface area contributed by atoms with Crippen LogP contribution >= 0.6 is 0 Å². The van der Waals surface area contributed by atoms with Crippen molar-refractivity contribution in [3.63, 3.8) is 0 Å². The number of amides is 1. The zero-order valence-corrected chi connectivity index (χ0v) is 10.6. The number of hydrogen-bond acceptors (Lipinski definition) is 3. The first-order chi connectivity index (χ1) is 7.78. The summed E-state index contributed by atoms with van der Waals surface area (Å²) in [5, 5.41) is 12.3. The van der Waals surface area contributed by atoms with Crippen LogP contribution in [-0.2, 0) is 4.79 Å². The number of benzene rings is 1. The average Bonchev–Trinajstić information content (AvgIpc) is 2.20. The van der Waals surface area contributed by atoms with Crippen molar-refractivity contribution in [2.75, 3.05) is 5.32 Å². The molecule has 1 aromatic carbocycles. The molecule has 0 atom stereocenters. The number of nitrogens with two attached hydrogens (primary N) is 1. The van der Waals surface area contributed by atoms with Crippen molar-refractivity contribution in [1.82, 2.24) is 0 Å². The van der Waals surface area contributed by atoms with E-state index >= 15 is 0 Å². The number of rotatable bonds is 4. The number of carbonyl (C=O) groups excluding carboxylic acids is 1. The van der Waals surface area contributed by atoms with Gasteiger partial charge in [-0.3, -0.25) is 4.79 Å². The summed E-state index contributed by atoms with van der Waals surface area (Å²) in [6.45, 7) is 5.66. The number of anilines is 1. The minimum absolute atomic E-state index is 0.0796. The predicted octanol–water partition coefficient (Wildman–Crippen LogP) is 2.16. The number of aryl methyl sites for hydroxylation is 1. The monoisotopic (exact) mass is 236 g/mol. The molecule has 1 aromatic rings. The van der Waals surface area contributed by atoms with Crippen LogP contribution in [0.25, 0.3) is 0 Å². The van der Waals surface area contributed by atoms with Crippen molar-refractivity contribution >= 4 is 11.6 Å². The lowest BCUT2D eigenvalue weighted by Gasteiger charge is -2.17. The summed E-state index contributed by atoms with van der Waals surface area (Å²) < 4.78 is 0.